The van der Waals surface area contributed by atoms with Gasteiger partial charge >= 0.3 is 0 Å². The molecule has 0 aromatic heterocycles. The summed E-state index contributed by atoms with van der Waals surface area (Å²) in [6.45, 7) is 12.9. The van der Waals surface area contributed by atoms with E-state index in [2.05, 4.69) is 38.3 Å². The highest BCUT2D eigenvalue weighted by Gasteiger charge is 2.19. The van der Waals surface area contributed by atoms with Gasteiger partial charge < -0.3 is 10.6 Å². The summed E-state index contributed by atoms with van der Waals surface area (Å²) in [5.74, 6) is 0.798. The Morgan fingerprint density at radius 3 is 2.65 bits per heavy atom. The van der Waals surface area contributed by atoms with E-state index in [1.807, 2.05) is 0 Å². The Bertz CT molecular complexity index is 193. The molecule has 1 rings (SSSR count). The van der Waals surface area contributed by atoms with Gasteiger partial charge in [-0.15, -0.1) is 0 Å². The summed E-state index contributed by atoms with van der Waals surface area (Å²) in [7, 11) is 0. The highest BCUT2D eigenvalue weighted by atomic mass is 14.9. The molecule has 2 nitrogen and oxygen atoms in total. The van der Waals surface area contributed by atoms with Gasteiger partial charge in [0.05, 0.1) is 0 Å². The number of rotatable bonds is 7. The Morgan fingerprint density at radius 2 is 2.06 bits per heavy atom. The molecule has 0 aromatic rings. The van der Waals surface area contributed by atoms with Crippen molar-refractivity contribution in [3.63, 3.8) is 0 Å². The van der Waals surface area contributed by atoms with E-state index >= 15 is 0 Å². The first-order chi connectivity index (χ1) is 7.99. The second-order valence-corrected chi connectivity index (χ2v) is 6.87. The molecule has 0 spiro atoms. The highest BCUT2D eigenvalue weighted by Crippen LogP contribution is 2.24. The Kier molecular flexibility index (Phi) is 6.50. The van der Waals surface area contributed by atoms with Crippen molar-refractivity contribution < 1.29 is 0 Å². The van der Waals surface area contributed by atoms with Crippen molar-refractivity contribution in [2.24, 2.45) is 11.3 Å². The molecule has 0 aliphatic carbocycles. The van der Waals surface area contributed by atoms with Crippen LogP contribution in [0.1, 0.15) is 59.8 Å². The molecule has 1 saturated heterocycles. The molecule has 1 fully saturated rings. The lowest BCUT2D eigenvalue weighted by molar-refractivity contribution is 0.269. The van der Waals surface area contributed by atoms with E-state index < -0.39 is 0 Å². The fourth-order valence-electron chi connectivity index (χ4n) is 3.05. The van der Waals surface area contributed by atoms with E-state index in [1.165, 1.54) is 45.2 Å². The lowest BCUT2D eigenvalue weighted by Gasteiger charge is -2.28. The molecule has 1 aliphatic rings. The summed E-state index contributed by atoms with van der Waals surface area (Å²) in [5.41, 5.74) is 0.439. The van der Waals surface area contributed by atoms with Gasteiger partial charge in [-0.05, 0) is 50.1 Å². The topological polar surface area (TPSA) is 24.1 Å². The third-order valence-electron chi connectivity index (χ3n) is 3.65. The SMILES string of the molecule is CC(C)CC(C)(C)CNCCC1CCCCN1. The lowest BCUT2D eigenvalue weighted by atomic mass is 9.84. The average Bonchev–Trinajstić information content (AvgIpc) is 2.24. The van der Waals surface area contributed by atoms with Crippen molar-refractivity contribution in [3.05, 3.63) is 0 Å². The highest BCUT2D eigenvalue weighted by molar-refractivity contribution is 4.76. The molecule has 0 bridgehead atoms. The quantitative estimate of drug-likeness (QED) is 0.668. The molecule has 0 radical (unpaired) electrons. The predicted octanol–water partition coefficient (Wildman–Crippen LogP) is 3.18. The molecule has 1 heterocycles. The first-order valence-corrected chi connectivity index (χ1v) is 7.44. The number of piperidine rings is 1. The van der Waals surface area contributed by atoms with Crippen molar-refractivity contribution in [1.29, 1.82) is 0 Å². The van der Waals surface area contributed by atoms with Crippen LogP contribution in [-0.4, -0.2) is 25.7 Å². The van der Waals surface area contributed by atoms with Crippen molar-refractivity contribution in [1.82, 2.24) is 10.6 Å². The normalized spacial score (nSPS) is 22.1. The second-order valence-electron chi connectivity index (χ2n) is 6.87. The van der Waals surface area contributed by atoms with E-state index in [0.717, 1.165) is 18.5 Å². The van der Waals surface area contributed by atoms with Crippen LogP contribution < -0.4 is 10.6 Å². The van der Waals surface area contributed by atoms with Crippen LogP contribution in [0.4, 0.5) is 0 Å². The zero-order valence-corrected chi connectivity index (χ0v) is 12.3. The van der Waals surface area contributed by atoms with Gasteiger partial charge in [-0.1, -0.05) is 34.1 Å². The Labute approximate surface area is 108 Å². The van der Waals surface area contributed by atoms with Gasteiger partial charge in [0.2, 0.25) is 0 Å². The van der Waals surface area contributed by atoms with Crippen LogP contribution in [0.15, 0.2) is 0 Å². The molecular formula is C15H32N2. The van der Waals surface area contributed by atoms with Crippen LogP contribution in [0.2, 0.25) is 0 Å². The molecule has 0 amide bonds. The van der Waals surface area contributed by atoms with Crippen LogP contribution >= 0.6 is 0 Å². The minimum atomic E-state index is 0.439. The van der Waals surface area contributed by atoms with Gasteiger partial charge in [0.15, 0.2) is 0 Å². The van der Waals surface area contributed by atoms with Crippen LogP contribution in [0.5, 0.6) is 0 Å². The first kappa shape index (κ1) is 15.0. The fourth-order valence-corrected chi connectivity index (χ4v) is 3.05. The summed E-state index contributed by atoms with van der Waals surface area (Å²) in [4.78, 5) is 0. The molecule has 102 valence electrons. The molecule has 2 N–H and O–H groups in total. The van der Waals surface area contributed by atoms with Crippen LogP contribution in [-0.2, 0) is 0 Å². The molecule has 1 aliphatic heterocycles. The van der Waals surface area contributed by atoms with Crippen molar-refractivity contribution >= 4 is 0 Å². The zero-order valence-electron chi connectivity index (χ0n) is 12.3. The van der Waals surface area contributed by atoms with Gasteiger partial charge in [0, 0.05) is 12.6 Å². The molecular weight excluding hydrogens is 208 g/mol. The standard InChI is InChI=1S/C15H32N2/c1-13(2)11-15(3,4)12-16-10-8-14-7-5-6-9-17-14/h13-14,16-17H,5-12H2,1-4H3. The number of hydrogen-bond acceptors (Lipinski definition) is 2. The Hall–Kier alpha value is -0.0800. The summed E-state index contributed by atoms with van der Waals surface area (Å²) in [5, 5.41) is 7.25. The Morgan fingerprint density at radius 1 is 1.29 bits per heavy atom. The van der Waals surface area contributed by atoms with E-state index in [-0.39, 0.29) is 0 Å². The second kappa shape index (κ2) is 7.38. The van der Waals surface area contributed by atoms with Crippen molar-refractivity contribution in [3.8, 4) is 0 Å². The molecule has 1 unspecified atom stereocenters. The van der Waals surface area contributed by atoms with Gasteiger partial charge in [-0.2, -0.15) is 0 Å². The summed E-state index contributed by atoms with van der Waals surface area (Å²) >= 11 is 0. The Balaban J connectivity index is 2.06. The first-order valence-electron chi connectivity index (χ1n) is 7.44. The van der Waals surface area contributed by atoms with Crippen LogP contribution in [0.25, 0.3) is 0 Å². The zero-order chi connectivity index (χ0) is 12.7. The maximum absolute atomic E-state index is 3.64. The molecule has 17 heavy (non-hydrogen) atoms. The summed E-state index contributed by atoms with van der Waals surface area (Å²) in [6, 6.07) is 0.768. The predicted molar refractivity (Wildman–Crippen MR) is 76.4 cm³/mol. The number of nitrogens with one attached hydrogen (secondary N) is 2. The largest absolute Gasteiger partial charge is 0.316 e. The maximum atomic E-state index is 3.64. The molecule has 0 saturated carbocycles. The number of hydrogen-bond donors (Lipinski definition) is 2. The van der Waals surface area contributed by atoms with Crippen molar-refractivity contribution in [2.45, 2.75) is 65.8 Å². The fraction of sp³-hybridized carbons (Fsp3) is 1.00. The van der Waals surface area contributed by atoms with Gasteiger partial charge in [0.1, 0.15) is 0 Å². The van der Waals surface area contributed by atoms with E-state index in [9.17, 15) is 0 Å². The third-order valence-corrected chi connectivity index (χ3v) is 3.65. The molecule has 2 heteroatoms. The molecule has 1 atom stereocenters. The van der Waals surface area contributed by atoms with Crippen LogP contribution in [0, 0.1) is 11.3 Å². The monoisotopic (exact) mass is 240 g/mol. The van der Waals surface area contributed by atoms with E-state index in [1.54, 1.807) is 0 Å². The average molecular weight is 240 g/mol. The van der Waals surface area contributed by atoms with Gasteiger partial charge in [-0.3, -0.25) is 0 Å². The summed E-state index contributed by atoms with van der Waals surface area (Å²) in [6.07, 6.45) is 6.75. The minimum Gasteiger partial charge on any atom is -0.316 e. The third kappa shape index (κ3) is 7.05. The molecule has 0 aromatic carbocycles. The summed E-state index contributed by atoms with van der Waals surface area (Å²) < 4.78 is 0. The van der Waals surface area contributed by atoms with Crippen LogP contribution in [0.3, 0.4) is 0 Å². The lowest BCUT2D eigenvalue weighted by Crippen LogP contribution is -2.38. The minimum absolute atomic E-state index is 0.439. The van der Waals surface area contributed by atoms with Gasteiger partial charge in [0.25, 0.3) is 0 Å². The van der Waals surface area contributed by atoms with E-state index in [4.69, 9.17) is 0 Å². The van der Waals surface area contributed by atoms with E-state index in [0.29, 0.717) is 5.41 Å². The smallest absolute Gasteiger partial charge is 0.00791 e. The maximum Gasteiger partial charge on any atom is 0.00791 e. The van der Waals surface area contributed by atoms with Crippen molar-refractivity contribution in [2.75, 3.05) is 19.6 Å². The van der Waals surface area contributed by atoms with Gasteiger partial charge in [-0.25, -0.2) is 0 Å².